The molecule has 0 aliphatic rings. The zero-order valence-electron chi connectivity index (χ0n) is 11.1. The molecular weight excluding hydrogens is 298 g/mol. The third-order valence-electron chi connectivity index (χ3n) is 2.56. The first kappa shape index (κ1) is 14.9. The Hall–Kier alpha value is -2.47. The summed E-state index contributed by atoms with van der Waals surface area (Å²) in [6.07, 6.45) is 1.33. The molecule has 21 heavy (non-hydrogen) atoms. The van der Waals surface area contributed by atoms with E-state index in [0.29, 0.717) is 11.4 Å². The lowest BCUT2D eigenvalue weighted by atomic mass is 10.2. The average molecular weight is 310 g/mol. The lowest BCUT2D eigenvalue weighted by Crippen LogP contribution is -2.13. The molecule has 2 rings (SSSR count). The van der Waals surface area contributed by atoms with Gasteiger partial charge in [-0.3, -0.25) is 4.79 Å². The summed E-state index contributed by atoms with van der Waals surface area (Å²) < 4.78 is 14.5. The third-order valence-corrected chi connectivity index (χ3v) is 2.85. The SMILES string of the molecule is COC(=O)COc1ccc(NC(=O)c2ccoc2Cl)cc1. The van der Waals surface area contributed by atoms with Crippen LogP contribution >= 0.6 is 11.6 Å². The van der Waals surface area contributed by atoms with Gasteiger partial charge in [-0.1, -0.05) is 0 Å². The van der Waals surface area contributed by atoms with Gasteiger partial charge in [0.25, 0.3) is 5.91 Å². The van der Waals surface area contributed by atoms with Gasteiger partial charge < -0.3 is 19.2 Å². The number of methoxy groups -OCH3 is 1. The van der Waals surface area contributed by atoms with Crippen LogP contribution in [0.3, 0.4) is 0 Å². The van der Waals surface area contributed by atoms with E-state index in [1.807, 2.05) is 0 Å². The first-order chi connectivity index (χ1) is 10.1. The molecule has 0 spiro atoms. The van der Waals surface area contributed by atoms with Gasteiger partial charge in [-0.2, -0.15) is 0 Å². The van der Waals surface area contributed by atoms with Crippen LogP contribution in [0.1, 0.15) is 10.4 Å². The standard InChI is InChI=1S/C14H12ClNO5/c1-19-12(17)8-21-10-4-2-9(3-5-10)16-14(18)11-6-7-20-13(11)15/h2-7H,8H2,1H3,(H,16,18). The summed E-state index contributed by atoms with van der Waals surface area (Å²) in [5.41, 5.74) is 0.811. The maximum absolute atomic E-state index is 11.9. The Kier molecular flexibility index (Phi) is 4.84. The van der Waals surface area contributed by atoms with Gasteiger partial charge in [0.05, 0.1) is 18.9 Å². The Bertz CT molecular complexity index is 635. The first-order valence-electron chi connectivity index (χ1n) is 5.94. The Labute approximate surface area is 125 Å². The van der Waals surface area contributed by atoms with Gasteiger partial charge in [-0.15, -0.1) is 0 Å². The van der Waals surface area contributed by atoms with E-state index in [2.05, 4.69) is 10.1 Å². The Morgan fingerprint density at radius 1 is 1.24 bits per heavy atom. The quantitative estimate of drug-likeness (QED) is 0.859. The summed E-state index contributed by atoms with van der Waals surface area (Å²) in [7, 11) is 1.28. The van der Waals surface area contributed by atoms with E-state index >= 15 is 0 Å². The van der Waals surface area contributed by atoms with Crippen molar-refractivity contribution in [3.8, 4) is 5.75 Å². The van der Waals surface area contributed by atoms with Crippen molar-refractivity contribution < 1.29 is 23.5 Å². The van der Waals surface area contributed by atoms with Crippen LogP contribution in [0, 0.1) is 0 Å². The van der Waals surface area contributed by atoms with Crippen molar-refractivity contribution in [2.75, 3.05) is 19.0 Å². The summed E-state index contributed by atoms with van der Waals surface area (Å²) >= 11 is 5.72. The van der Waals surface area contributed by atoms with E-state index in [9.17, 15) is 9.59 Å². The van der Waals surface area contributed by atoms with Gasteiger partial charge in [0, 0.05) is 5.69 Å². The number of nitrogens with one attached hydrogen (secondary N) is 1. The largest absolute Gasteiger partial charge is 0.482 e. The molecule has 0 atom stereocenters. The fourth-order valence-electron chi connectivity index (χ4n) is 1.49. The molecular formula is C14H12ClNO5. The predicted octanol–water partition coefficient (Wildman–Crippen LogP) is 2.74. The first-order valence-corrected chi connectivity index (χ1v) is 6.32. The van der Waals surface area contributed by atoms with Crippen molar-refractivity contribution >= 4 is 29.2 Å². The highest BCUT2D eigenvalue weighted by Crippen LogP contribution is 2.20. The Morgan fingerprint density at radius 2 is 1.95 bits per heavy atom. The minimum atomic E-state index is -0.470. The number of carbonyl (C=O) groups excluding carboxylic acids is 2. The van der Waals surface area contributed by atoms with Gasteiger partial charge in [0.15, 0.2) is 6.61 Å². The van der Waals surface area contributed by atoms with Crippen LogP contribution in [0.15, 0.2) is 41.0 Å². The predicted molar refractivity (Wildman–Crippen MR) is 75.6 cm³/mol. The number of esters is 1. The van der Waals surface area contributed by atoms with Crippen molar-refractivity contribution in [3.63, 3.8) is 0 Å². The second-order valence-electron chi connectivity index (χ2n) is 3.95. The highest BCUT2D eigenvalue weighted by atomic mass is 35.5. The highest BCUT2D eigenvalue weighted by Gasteiger charge is 2.13. The number of amides is 1. The summed E-state index contributed by atoms with van der Waals surface area (Å²) in [6, 6.07) is 7.99. The van der Waals surface area contributed by atoms with Crippen LogP contribution in [-0.2, 0) is 9.53 Å². The van der Waals surface area contributed by atoms with E-state index < -0.39 is 5.97 Å². The summed E-state index contributed by atoms with van der Waals surface area (Å²) in [6.45, 7) is -0.174. The maximum Gasteiger partial charge on any atom is 0.343 e. The van der Waals surface area contributed by atoms with Crippen molar-refractivity contribution in [2.45, 2.75) is 0 Å². The number of halogens is 1. The summed E-state index contributed by atoms with van der Waals surface area (Å²) in [4.78, 5) is 22.8. The average Bonchev–Trinajstić information content (AvgIpc) is 2.92. The van der Waals surface area contributed by atoms with Gasteiger partial charge >= 0.3 is 5.97 Å². The number of benzene rings is 1. The van der Waals surface area contributed by atoms with Crippen molar-refractivity contribution in [3.05, 3.63) is 47.4 Å². The third kappa shape index (κ3) is 4.00. The molecule has 1 heterocycles. The normalized spacial score (nSPS) is 10.0. The molecule has 6 nitrogen and oxygen atoms in total. The molecule has 0 bridgehead atoms. The molecule has 110 valence electrons. The van der Waals surface area contributed by atoms with Crippen molar-refractivity contribution in [1.82, 2.24) is 0 Å². The fourth-order valence-corrected chi connectivity index (χ4v) is 1.69. The van der Waals surface area contributed by atoms with Gasteiger partial charge in [-0.05, 0) is 41.9 Å². The minimum Gasteiger partial charge on any atom is -0.482 e. The minimum absolute atomic E-state index is 0.0329. The van der Waals surface area contributed by atoms with Gasteiger partial charge in [0.1, 0.15) is 5.75 Å². The number of rotatable bonds is 5. The molecule has 0 radical (unpaired) electrons. The van der Waals surface area contributed by atoms with Crippen LogP contribution in [0.5, 0.6) is 5.75 Å². The number of hydrogen-bond donors (Lipinski definition) is 1. The molecule has 2 aromatic rings. The molecule has 0 saturated heterocycles. The van der Waals surface area contributed by atoms with Gasteiger partial charge in [0.2, 0.25) is 5.22 Å². The van der Waals surface area contributed by atoms with Crippen LogP contribution in [0.25, 0.3) is 0 Å². The van der Waals surface area contributed by atoms with Crippen LogP contribution < -0.4 is 10.1 Å². The highest BCUT2D eigenvalue weighted by molar-refractivity contribution is 6.32. The lowest BCUT2D eigenvalue weighted by Gasteiger charge is -2.07. The van der Waals surface area contributed by atoms with Crippen molar-refractivity contribution in [2.24, 2.45) is 0 Å². The molecule has 0 saturated carbocycles. The van der Waals surface area contributed by atoms with Crippen LogP contribution in [0.2, 0.25) is 5.22 Å². The second-order valence-corrected chi connectivity index (χ2v) is 4.29. The monoisotopic (exact) mass is 309 g/mol. The molecule has 0 fully saturated rings. The Balaban J connectivity index is 1.95. The van der Waals surface area contributed by atoms with E-state index in [1.165, 1.54) is 19.4 Å². The smallest absolute Gasteiger partial charge is 0.343 e. The fraction of sp³-hybridized carbons (Fsp3) is 0.143. The molecule has 1 aromatic heterocycles. The van der Waals surface area contributed by atoms with E-state index in [1.54, 1.807) is 24.3 Å². The molecule has 0 unspecified atom stereocenters. The summed E-state index contributed by atoms with van der Waals surface area (Å²) in [5, 5.41) is 2.69. The van der Waals surface area contributed by atoms with E-state index in [4.69, 9.17) is 20.8 Å². The number of hydrogen-bond acceptors (Lipinski definition) is 5. The van der Waals surface area contributed by atoms with Crippen LogP contribution in [-0.4, -0.2) is 25.6 Å². The summed E-state index contributed by atoms with van der Waals surface area (Å²) in [5.74, 6) is -0.362. The van der Waals surface area contributed by atoms with Crippen molar-refractivity contribution in [1.29, 1.82) is 0 Å². The zero-order valence-corrected chi connectivity index (χ0v) is 11.8. The van der Waals surface area contributed by atoms with Crippen LogP contribution in [0.4, 0.5) is 5.69 Å². The maximum atomic E-state index is 11.9. The lowest BCUT2D eigenvalue weighted by molar-refractivity contribution is -0.142. The Morgan fingerprint density at radius 3 is 2.52 bits per heavy atom. The number of furan rings is 1. The molecule has 0 aliphatic heterocycles. The number of ether oxygens (including phenoxy) is 2. The molecule has 0 aliphatic carbocycles. The number of carbonyl (C=O) groups is 2. The second kappa shape index (κ2) is 6.81. The van der Waals surface area contributed by atoms with E-state index in [0.717, 1.165) is 0 Å². The molecule has 1 amide bonds. The van der Waals surface area contributed by atoms with Gasteiger partial charge in [-0.25, -0.2) is 4.79 Å². The molecule has 7 heteroatoms. The molecule has 1 aromatic carbocycles. The number of anilines is 1. The van der Waals surface area contributed by atoms with E-state index in [-0.39, 0.29) is 23.3 Å². The molecule has 1 N–H and O–H groups in total. The topological polar surface area (TPSA) is 77.8 Å². The zero-order chi connectivity index (χ0) is 15.2.